The van der Waals surface area contributed by atoms with Gasteiger partial charge in [0.25, 0.3) is 5.91 Å². The van der Waals surface area contributed by atoms with Gasteiger partial charge in [0.05, 0.1) is 5.56 Å². The van der Waals surface area contributed by atoms with Gasteiger partial charge in [-0.25, -0.2) is 8.78 Å². The van der Waals surface area contributed by atoms with E-state index in [4.69, 9.17) is 0 Å². The second kappa shape index (κ2) is 10.6. The summed E-state index contributed by atoms with van der Waals surface area (Å²) in [6.45, 7) is 2.13. The fraction of sp³-hybridized carbons (Fsp3) is 0.350. The molecule has 28 heavy (non-hydrogen) atoms. The number of hydrogen-bond donors (Lipinski definition) is 1. The third-order valence-electron chi connectivity index (χ3n) is 4.92. The van der Waals surface area contributed by atoms with Gasteiger partial charge in [-0.05, 0) is 63.3 Å². The molecule has 2 aromatic carbocycles. The zero-order valence-electron chi connectivity index (χ0n) is 15.8. The van der Waals surface area contributed by atoms with Gasteiger partial charge in [0.2, 0.25) is 0 Å². The number of amides is 1. The van der Waals surface area contributed by atoms with Crippen molar-refractivity contribution < 1.29 is 13.6 Å². The third kappa shape index (κ3) is 5.80. The number of piperidine rings is 1. The summed E-state index contributed by atoms with van der Waals surface area (Å²) in [5.41, 5.74) is 1.40. The summed E-state index contributed by atoms with van der Waals surface area (Å²) >= 11 is 0. The van der Waals surface area contributed by atoms with E-state index >= 15 is 0 Å². The Morgan fingerprint density at radius 2 is 1.79 bits per heavy atom. The maximum Gasteiger partial charge on any atom is 0.258 e. The molecule has 1 N–H and O–H groups in total. The summed E-state index contributed by atoms with van der Waals surface area (Å²) < 4.78 is 26.8. The molecule has 1 aliphatic heterocycles. The molecule has 1 amide bonds. The Bertz CT molecular complexity index is 799. The number of hydrogen-bond acceptors (Lipinski definition) is 3. The standard InChI is InChI=1S/C20H23F2N3O.2ClH/c1-24-10-8-16(9-11-24)25(2)17-5-3-4-15(13-17)23-20(26)18-7-6-14(21)12-19(18)22;;/h3-7,12-13,16H,8-11H2,1-2H3,(H,23,26);2*1H. The highest BCUT2D eigenvalue weighted by Gasteiger charge is 2.21. The quantitative estimate of drug-likeness (QED) is 0.768. The van der Waals surface area contributed by atoms with Crippen molar-refractivity contribution in [3.63, 3.8) is 0 Å². The van der Waals surface area contributed by atoms with Crippen LogP contribution in [0.5, 0.6) is 0 Å². The Morgan fingerprint density at radius 1 is 1.11 bits per heavy atom. The van der Waals surface area contributed by atoms with Crippen molar-refractivity contribution in [1.82, 2.24) is 4.90 Å². The number of halogens is 4. The molecule has 0 aromatic heterocycles. The molecule has 0 radical (unpaired) electrons. The van der Waals surface area contributed by atoms with Crippen LogP contribution in [0.3, 0.4) is 0 Å². The number of likely N-dealkylation sites (tertiary alicyclic amines) is 1. The lowest BCUT2D eigenvalue weighted by atomic mass is 10.0. The Labute approximate surface area is 176 Å². The van der Waals surface area contributed by atoms with Crippen LogP contribution >= 0.6 is 24.8 Å². The van der Waals surface area contributed by atoms with E-state index in [0.29, 0.717) is 17.8 Å². The van der Waals surface area contributed by atoms with Gasteiger partial charge in [0.1, 0.15) is 11.6 Å². The number of carbonyl (C=O) groups is 1. The minimum Gasteiger partial charge on any atom is -0.371 e. The number of carbonyl (C=O) groups excluding carboxylic acids is 1. The highest BCUT2D eigenvalue weighted by atomic mass is 35.5. The van der Waals surface area contributed by atoms with Crippen molar-refractivity contribution in [3.8, 4) is 0 Å². The molecule has 0 aliphatic carbocycles. The maximum absolute atomic E-state index is 13.8. The molecule has 3 rings (SSSR count). The molecule has 0 atom stereocenters. The number of nitrogens with one attached hydrogen (secondary N) is 1. The van der Waals surface area contributed by atoms with Gasteiger partial charge >= 0.3 is 0 Å². The molecule has 0 bridgehead atoms. The average molecular weight is 432 g/mol. The molecule has 154 valence electrons. The van der Waals surface area contributed by atoms with Crippen LogP contribution in [0.1, 0.15) is 23.2 Å². The Hall–Kier alpha value is -1.89. The van der Waals surface area contributed by atoms with E-state index in [0.717, 1.165) is 43.8 Å². The first-order valence-electron chi connectivity index (χ1n) is 8.72. The fourth-order valence-electron chi connectivity index (χ4n) is 3.27. The molecule has 0 spiro atoms. The molecule has 0 unspecified atom stereocenters. The minimum atomic E-state index is -0.873. The smallest absolute Gasteiger partial charge is 0.258 e. The number of nitrogens with zero attached hydrogens (tertiary/aromatic N) is 2. The molecule has 2 aromatic rings. The van der Waals surface area contributed by atoms with Crippen LogP contribution < -0.4 is 10.2 Å². The van der Waals surface area contributed by atoms with Gasteiger partial charge in [-0.1, -0.05) is 6.07 Å². The van der Waals surface area contributed by atoms with E-state index in [1.165, 1.54) is 0 Å². The molecule has 1 saturated heterocycles. The Kier molecular flexibility index (Phi) is 9.14. The molecular weight excluding hydrogens is 407 g/mol. The van der Waals surface area contributed by atoms with Crippen LogP contribution in [0.2, 0.25) is 0 Å². The largest absolute Gasteiger partial charge is 0.371 e. The molecule has 8 heteroatoms. The normalized spacial score (nSPS) is 14.6. The number of benzene rings is 2. The molecule has 4 nitrogen and oxygen atoms in total. The summed E-state index contributed by atoms with van der Waals surface area (Å²) in [6, 6.07) is 10.9. The van der Waals surface area contributed by atoms with Crippen LogP contribution in [-0.2, 0) is 0 Å². The molecule has 1 fully saturated rings. The van der Waals surface area contributed by atoms with E-state index in [9.17, 15) is 13.6 Å². The van der Waals surface area contributed by atoms with E-state index in [-0.39, 0.29) is 30.4 Å². The lowest BCUT2D eigenvalue weighted by molar-refractivity contribution is 0.102. The number of rotatable bonds is 4. The summed E-state index contributed by atoms with van der Waals surface area (Å²) in [5.74, 6) is -2.18. The second-order valence-electron chi connectivity index (χ2n) is 6.77. The van der Waals surface area contributed by atoms with Gasteiger partial charge in [-0.3, -0.25) is 4.79 Å². The number of anilines is 2. The topological polar surface area (TPSA) is 35.6 Å². The summed E-state index contributed by atoms with van der Waals surface area (Å²) in [6.07, 6.45) is 2.18. The van der Waals surface area contributed by atoms with Gasteiger partial charge in [0.15, 0.2) is 0 Å². The zero-order chi connectivity index (χ0) is 18.7. The lowest BCUT2D eigenvalue weighted by Crippen LogP contribution is -2.42. The van der Waals surface area contributed by atoms with Crippen molar-refractivity contribution in [2.45, 2.75) is 18.9 Å². The zero-order valence-corrected chi connectivity index (χ0v) is 17.5. The fourth-order valence-corrected chi connectivity index (χ4v) is 3.27. The highest BCUT2D eigenvalue weighted by molar-refractivity contribution is 6.04. The van der Waals surface area contributed by atoms with E-state index < -0.39 is 17.5 Å². The minimum absolute atomic E-state index is 0. The van der Waals surface area contributed by atoms with Crippen LogP contribution in [0.25, 0.3) is 0 Å². The van der Waals surface area contributed by atoms with E-state index in [1.54, 1.807) is 6.07 Å². The van der Waals surface area contributed by atoms with Crippen molar-refractivity contribution in [1.29, 1.82) is 0 Å². The second-order valence-corrected chi connectivity index (χ2v) is 6.77. The third-order valence-corrected chi connectivity index (χ3v) is 4.92. The van der Waals surface area contributed by atoms with E-state index in [2.05, 4.69) is 29.2 Å². The van der Waals surface area contributed by atoms with Gasteiger partial charge in [-0.2, -0.15) is 0 Å². The summed E-state index contributed by atoms with van der Waals surface area (Å²) in [5, 5.41) is 2.69. The highest BCUT2D eigenvalue weighted by Crippen LogP contribution is 2.25. The van der Waals surface area contributed by atoms with Crippen molar-refractivity contribution in [3.05, 3.63) is 59.7 Å². The predicted molar refractivity (Wildman–Crippen MR) is 114 cm³/mol. The van der Waals surface area contributed by atoms with Crippen LogP contribution in [0, 0.1) is 11.6 Å². The molecule has 1 heterocycles. The van der Waals surface area contributed by atoms with Gasteiger partial charge in [0, 0.05) is 30.5 Å². The summed E-state index contributed by atoms with van der Waals surface area (Å²) in [4.78, 5) is 16.8. The average Bonchev–Trinajstić information content (AvgIpc) is 2.62. The first-order valence-corrected chi connectivity index (χ1v) is 8.72. The first-order chi connectivity index (χ1) is 12.4. The Morgan fingerprint density at radius 3 is 2.43 bits per heavy atom. The summed E-state index contributed by atoms with van der Waals surface area (Å²) in [7, 11) is 4.18. The van der Waals surface area contributed by atoms with E-state index in [1.807, 2.05) is 18.2 Å². The Balaban J connectivity index is 0.00000196. The molecule has 0 saturated carbocycles. The SMILES string of the molecule is CN1CCC(N(C)c2cccc(NC(=O)c3ccc(F)cc3F)c2)CC1.Cl.Cl. The maximum atomic E-state index is 13.8. The van der Waals surface area contributed by atoms with Crippen molar-refractivity contribution >= 4 is 42.1 Å². The lowest BCUT2D eigenvalue weighted by Gasteiger charge is -2.36. The van der Waals surface area contributed by atoms with Crippen LogP contribution in [-0.4, -0.2) is 44.0 Å². The van der Waals surface area contributed by atoms with Gasteiger partial charge < -0.3 is 15.1 Å². The first kappa shape index (κ1) is 24.1. The van der Waals surface area contributed by atoms with Crippen molar-refractivity contribution in [2.75, 3.05) is 37.4 Å². The van der Waals surface area contributed by atoms with Gasteiger partial charge in [-0.15, -0.1) is 24.8 Å². The van der Waals surface area contributed by atoms with Crippen molar-refractivity contribution in [2.24, 2.45) is 0 Å². The van der Waals surface area contributed by atoms with Crippen LogP contribution in [0.4, 0.5) is 20.2 Å². The predicted octanol–water partition coefficient (Wildman–Crippen LogP) is 4.59. The monoisotopic (exact) mass is 431 g/mol. The molecule has 1 aliphatic rings. The molecular formula is C20H25Cl2F2N3O. The van der Waals surface area contributed by atoms with Crippen LogP contribution in [0.15, 0.2) is 42.5 Å².